The van der Waals surface area contributed by atoms with Crippen molar-refractivity contribution in [1.82, 2.24) is 10.2 Å². The maximum atomic E-state index is 14.1. The minimum Gasteiger partial charge on any atom is -0.351 e. The van der Waals surface area contributed by atoms with Crippen molar-refractivity contribution >= 4 is 22.6 Å². The quantitative estimate of drug-likeness (QED) is 0.0955. The Balaban J connectivity index is 1.41. The summed E-state index contributed by atoms with van der Waals surface area (Å²) in [6, 6.07) is 42.9. The number of fused-ring (bicyclic) bond motifs is 1. The van der Waals surface area contributed by atoms with Crippen molar-refractivity contribution in [2.24, 2.45) is 5.73 Å². The second-order valence-corrected chi connectivity index (χ2v) is 11.7. The number of benzene rings is 5. The number of rotatable bonds is 16. The molecule has 0 fully saturated rings. The van der Waals surface area contributed by atoms with Gasteiger partial charge in [0.25, 0.3) is 0 Å². The highest BCUT2D eigenvalue weighted by Gasteiger charge is 2.38. The number of hydrogen-bond donors (Lipinski definition) is 2. The lowest BCUT2D eigenvalue weighted by molar-refractivity contribution is -0.159. The van der Waals surface area contributed by atoms with Crippen LogP contribution in [-0.2, 0) is 31.0 Å². The Bertz CT molecular complexity index is 1640. The van der Waals surface area contributed by atoms with Gasteiger partial charge in [-0.3, -0.25) is 9.59 Å². The molecule has 2 amide bonds. The normalized spacial score (nSPS) is 12.2. The van der Waals surface area contributed by atoms with E-state index in [1.165, 1.54) is 0 Å². The number of carbonyl (C=O) groups excluding carboxylic acids is 2. The summed E-state index contributed by atoms with van der Waals surface area (Å²) in [5.41, 5.74) is 9.40. The Kier molecular flexibility index (Phi) is 12.1. The minimum atomic E-state index is -1.08. The maximum Gasteiger partial charge on any atom is 0.240 e. The van der Waals surface area contributed by atoms with Crippen LogP contribution in [0.15, 0.2) is 133 Å². The van der Waals surface area contributed by atoms with Gasteiger partial charge in [0.1, 0.15) is 5.54 Å². The zero-order chi connectivity index (χ0) is 33.8. The van der Waals surface area contributed by atoms with Crippen LogP contribution in [0, 0.1) is 0 Å². The Hall–Kier alpha value is -4.82. The van der Waals surface area contributed by atoms with Crippen LogP contribution in [0.2, 0.25) is 0 Å². The molecular formula is C41H45N3O4. The van der Waals surface area contributed by atoms with Crippen LogP contribution in [0.3, 0.4) is 0 Å². The minimum absolute atomic E-state index is 0.197. The van der Waals surface area contributed by atoms with Gasteiger partial charge in [0, 0.05) is 19.8 Å². The molecule has 0 unspecified atom stereocenters. The molecule has 0 aliphatic rings. The maximum absolute atomic E-state index is 14.1. The predicted molar refractivity (Wildman–Crippen MR) is 191 cm³/mol. The first-order valence-electron chi connectivity index (χ1n) is 16.7. The van der Waals surface area contributed by atoms with Gasteiger partial charge in [-0.1, -0.05) is 133 Å². The van der Waals surface area contributed by atoms with Gasteiger partial charge in [0.15, 0.2) is 6.29 Å². The van der Waals surface area contributed by atoms with E-state index in [2.05, 4.69) is 29.6 Å². The topological polar surface area (TPSA) is 93.9 Å². The molecule has 1 atom stereocenters. The molecule has 0 saturated heterocycles. The molecule has 0 aromatic heterocycles. The van der Waals surface area contributed by atoms with Crippen molar-refractivity contribution in [3.63, 3.8) is 0 Å². The molecule has 48 heavy (non-hydrogen) atoms. The lowest BCUT2D eigenvalue weighted by Gasteiger charge is -2.37. The summed E-state index contributed by atoms with van der Waals surface area (Å²) in [6.45, 7) is 5.24. The van der Waals surface area contributed by atoms with Crippen molar-refractivity contribution in [1.29, 1.82) is 0 Å². The smallest absolute Gasteiger partial charge is 0.240 e. The van der Waals surface area contributed by atoms with Gasteiger partial charge in [0.05, 0.1) is 19.0 Å². The number of nitrogens with one attached hydrogen (secondary N) is 1. The fourth-order valence-electron chi connectivity index (χ4n) is 6.33. The molecule has 0 aliphatic carbocycles. The van der Waals surface area contributed by atoms with Crippen LogP contribution in [-0.4, -0.2) is 55.3 Å². The highest BCUT2D eigenvalue weighted by molar-refractivity contribution is 5.89. The fraction of sp³-hybridized carbons (Fsp3) is 0.268. The van der Waals surface area contributed by atoms with Crippen LogP contribution in [0.4, 0.5) is 0 Å². The zero-order valence-corrected chi connectivity index (χ0v) is 27.8. The largest absolute Gasteiger partial charge is 0.351 e. The molecule has 0 aliphatic heterocycles. The summed E-state index contributed by atoms with van der Waals surface area (Å²) in [7, 11) is 0. The number of hydrogen-bond acceptors (Lipinski definition) is 5. The fourth-order valence-corrected chi connectivity index (χ4v) is 6.33. The summed E-state index contributed by atoms with van der Waals surface area (Å²) in [5, 5.41) is 5.60. The van der Waals surface area contributed by atoms with E-state index < -0.39 is 17.9 Å². The van der Waals surface area contributed by atoms with Gasteiger partial charge >= 0.3 is 0 Å². The van der Waals surface area contributed by atoms with Crippen molar-refractivity contribution in [2.75, 3.05) is 26.3 Å². The molecule has 7 heteroatoms. The summed E-state index contributed by atoms with van der Waals surface area (Å²) in [6.07, 6.45) is -0.207. The second-order valence-electron chi connectivity index (χ2n) is 11.7. The van der Waals surface area contributed by atoms with E-state index in [1.54, 1.807) is 4.90 Å². The van der Waals surface area contributed by atoms with Gasteiger partial charge in [-0.05, 0) is 53.3 Å². The molecule has 3 N–H and O–H groups in total. The average molecular weight is 644 g/mol. The monoisotopic (exact) mass is 643 g/mol. The highest BCUT2D eigenvalue weighted by Crippen LogP contribution is 2.37. The second kappa shape index (κ2) is 16.8. The van der Waals surface area contributed by atoms with Crippen LogP contribution >= 0.6 is 0 Å². The highest BCUT2D eigenvalue weighted by atomic mass is 16.7. The summed E-state index contributed by atoms with van der Waals surface area (Å²) in [5.74, 6) is -0.674. The van der Waals surface area contributed by atoms with Gasteiger partial charge in [-0.15, -0.1) is 0 Å². The van der Waals surface area contributed by atoms with E-state index in [-0.39, 0.29) is 24.8 Å². The van der Waals surface area contributed by atoms with Crippen LogP contribution in [0.5, 0.6) is 0 Å². The first kappa shape index (κ1) is 34.5. The molecule has 7 nitrogen and oxygen atoms in total. The van der Waals surface area contributed by atoms with Crippen molar-refractivity contribution in [3.8, 4) is 0 Å². The number of amides is 2. The van der Waals surface area contributed by atoms with E-state index in [1.807, 2.05) is 123 Å². The SMILES string of the molecule is CCOC(CN(CCc1cccc2ccccc12)C(=O)[C@@H](N)CC(=O)NC(c1ccccc1)(c1ccccc1)c1ccccc1)OCC. The first-order chi connectivity index (χ1) is 23.5. The van der Waals surface area contributed by atoms with Gasteiger partial charge in [-0.2, -0.15) is 0 Å². The molecule has 248 valence electrons. The molecule has 5 aromatic rings. The van der Waals surface area contributed by atoms with Crippen LogP contribution in [0.1, 0.15) is 42.5 Å². The van der Waals surface area contributed by atoms with E-state index in [0.29, 0.717) is 26.2 Å². The number of ether oxygens (including phenoxy) is 2. The molecule has 0 heterocycles. The van der Waals surface area contributed by atoms with E-state index in [9.17, 15) is 9.59 Å². The predicted octanol–water partition coefficient (Wildman–Crippen LogP) is 6.44. The Morgan fingerprint density at radius 2 is 1.21 bits per heavy atom. The molecule has 0 saturated carbocycles. The Morgan fingerprint density at radius 1 is 0.708 bits per heavy atom. The van der Waals surface area contributed by atoms with Gasteiger partial charge < -0.3 is 25.4 Å². The van der Waals surface area contributed by atoms with Crippen LogP contribution in [0.25, 0.3) is 10.8 Å². The summed E-state index contributed by atoms with van der Waals surface area (Å²) >= 11 is 0. The third-order valence-corrected chi connectivity index (χ3v) is 8.59. The molecule has 0 radical (unpaired) electrons. The Morgan fingerprint density at radius 3 is 1.75 bits per heavy atom. The van der Waals surface area contributed by atoms with E-state index in [0.717, 1.165) is 33.0 Å². The molecule has 5 aromatic carbocycles. The molecule has 5 rings (SSSR count). The van der Waals surface area contributed by atoms with Gasteiger partial charge in [-0.25, -0.2) is 0 Å². The lowest BCUT2D eigenvalue weighted by atomic mass is 9.77. The first-order valence-corrected chi connectivity index (χ1v) is 16.7. The van der Waals surface area contributed by atoms with E-state index in [4.69, 9.17) is 15.2 Å². The third kappa shape index (κ3) is 8.17. The van der Waals surface area contributed by atoms with Crippen molar-refractivity contribution in [3.05, 3.63) is 156 Å². The molecule has 0 spiro atoms. The van der Waals surface area contributed by atoms with E-state index >= 15 is 0 Å². The zero-order valence-electron chi connectivity index (χ0n) is 27.8. The van der Waals surface area contributed by atoms with Gasteiger partial charge in [0.2, 0.25) is 11.8 Å². The average Bonchev–Trinajstić information content (AvgIpc) is 3.13. The molecular weight excluding hydrogens is 598 g/mol. The molecule has 0 bridgehead atoms. The summed E-state index contributed by atoms with van der Waals surface area (Å²) < 4.78 is 11.6. The number of nitrogens with two attached hydrogens (primary N) is 1. The summed E-state index contributed by atoms with van der Waals surface area (Å²) in [4.78, 5) is 29.8. The Labute approximate surface area is 283 Å². The standard InChI is InChI=1S/C41H45N3O4/c1-3-47-39(48-4-2)30-44(28-27-32-19-16-18-31-17-14-15-26-36(31)32)40(46)37(42)29-38(45)43-41(33-20-8-5-9-21-33,34-22-10-6-11-23-34)35-24-12-7-13-25-35/h5-26,37,39H,3-4,27-30,42H2,1-2H3,(H,43,45)/t37-/m0/s1. The van der Waals surface area contributed by atoms with Crippen molar-refractivity contribution < 1.29 is 19.1 Å². The number of nitrogens with zero attached hydrogens (tertiary/aromatic N) is 1. The third-order valence-electron chi connectivity index (χ3n) is 8.59. The number of carbonyl (C=O) groups is 2. The van der Waals surface area contributed by atoms with Crippen LogP contribution < -0.4 is 11.1 Å². The van der Waals surface area contributed by atoms with Crippen molar-refractivity contribution in [2.45, 2.75) is 44.6 Å². The lowest BCUT2D eigenvalue weighted by Crippen LogP contribution is -2.52.